The normalized spacial score (nSPS) is 39.4. The fraction of sp³-hybridized carbons (Fsp3) is 0.500. The molecular formula is C12H16N2. The highest BCUT2D eigenvalue weighted by atomic mass is 15.0. The van der Waals surface area contributed by atoms with Crippen molar-refractivity contribution in [2.45, 2.75) is 24.9 Å². The number of nitrogens with one attached hydrogen (secondary N) is 2. The van der Waals surface area contributed by atoms with Crippen LogP contribution in [0.25, 0.3) is 0 Å². The van der Waals surface area contributed by atoms with Gasteiger partial charge in [0.15, 0.2) is 0 Å². The predicted molar refractivity (Wildman–Crippen MR) is 57.8 cm³/mol. The number of rotatable bonds is 1. The SMILES string of the molecule is C1=CC2C=C(C3CCCN3)NC2C=C1. The molecule has 14 heavy (non-hydrogen) atoms. The molecule has 0 spiro atoms. The van der Waals surface area contributed by atoms with E-state index in [0.29, 0.717) is 18.0 Å². The standard InChI is InChI=1S/C12H16N2/c1-2-5-10-9(4-1)8-12(14-10)11-6-3-7-13-11/h1-2,4-5,8-11,13-14H,3,6-7H2. The summed E-state index contributed by atoms with van der Waals surface area (Å²) in [6.45, 7) is 1.17. The fourth-order valence-electron chi connectivity index (χ4n) is 2.54. The van der Waals surface area contributed by atoms with Crippen LogP contribution in [0.5, 0.6) is 0 Å². The molecule has 2 heteroatoms. The van der Waals surface area contributed by atoms with Gasteiger partial charge in [-0.25, -0.2) is 0 Å². The molecule has 3 rings (SSSR count). The molecule has 3 atom stereocenters. The Kier molecular flexibility index (Phi) is 1.95. The highest BCUT2D eigenvalue weighted by Gasteiger charge is 2.29. The molecular weight excluding hydrogens is 172 g/mol. The fourth-order valence-corrected chi connectivity index (χ4v) is 2.54. The molecule has 0 aromatic rings. The van der Waals surface area contributed by atoms with E-state index in [9.17, 15) is 0 Å². The van der Waals surface area contributed by atoms with Crippen LogP contribution >= 0.6 is 0 Å². The Labute approximate surface area is 84.8 Å². The summed E-state index contributed by atoms with van der Waals surface area (Å²) in [5.41, 5.74) is 1.41. The van der Waals surface area contributed by atoms with Gasteiger partial charge < -0.3 is 10.6 Å². The van der Waals surface area contributed by atoms with Crippen molar-refractivity contribution in [1.29, 1.82) is 0 Å². The number of hydrogen-bond donors (Lipinski definition) is 2. The summed E-state index contributed by atoms with van der Waals surface area (Å²) < 4.78 is 0. The van der Waals surface area contributed by atoms with E-state index in [1.165, 1.54) is 25.1 Å². The number of allylic oxidation sites excluding steroid dienone is 2. The third kappa shape index (κ3) is 1.30. The Balaban J connectivity index is 1.77. The van der Waals surface area contributed by atoms with Crippen LogP contribution in [0, 0.1) is 5.92 Å². The van der Waals surface area contributed by atoms with Crippen molar-refractivity contribution in [2.75, 3.05) is 6.54 Å². The Morgan fingerprint density at radius 2 is 2.14 bits per heavy atom. The van der Waals surface area contributed by atoms with E-state index >= 15 is 0 Å². The first kappa shape index (κ1) is 8.30. The average Bonchev–Trinajstić information content (AvgIpc) is 2.86. The van der Waals surface area contributed by atoms with Crippen LogP contribution in [0.1, 0.15) is 12.8 Å². The van der Waals surface area contributed by atoms with Crippen molar-refractivity contribution in [3.8, 4) is 0 Å². The van der Waals surface area contributed by atoms with Crippen molar-refractivity contribution in [3.05, 3.63) is 36.1 Å². The van der Waals surface area contributed by atoms with Gasteiger partial charge in [0, 0.05) is 17.7 Å². The maximum absolute atomic E-state index is 3.60. The summed E-state index contributed by atoms with van der Waals surface area (Å²) in [6, 6.07) is 1.10. The van der Waals surface area contributed by atoms with Crippen LogP contribution in [0.2, 0.25) is 0 Å². The number of hydrogen-bond acceptors (Lipinski definition) is 2. The van der Waals surface area contributed by atoms with Crippen molar-refractivity contribution < 1.29 is 0 Å². The Morgan fingerprint density at radius 1 is 1.21 bits per heavy atom. The lowest BCUT2D eigenvalue weighted by Gasteiger charge is -2.18. The summed E-state index contributed by atoms with van der Waals surface area (Å²) in [7, 11) is 0. The Morgan fingerprint density at radius 3 is 2.93 bits per heavy atom. The van der Waals surface area contributed by atoms with Crippen LogP contribution in [0.15, 0.2) is 36.1 Å². The largest absolute Gasteiger partial charge is 0.380 e. The first-order valence-electron chi connectivity index (χ1n) is 5.50. The van der Waals surface area contributed by atoms with Gasteiger partial charge in [-0.1, -0.05) is 30.4 Å². The van der Waals surface area contributed by atoms with E-state index in [-0.39, 0.29) is 0 Å². The molecule has 0 amide bonds. The van der Waals surface area contributed by atoms with Crippen LogP contribution in [-0.4, -0.2) is 18.6 Å². The maximum atomic E-state index is 3.60. The second kappa shape index (κ2) is 3.28. The second-order valence-electron chi connectivity index (χ2n) is 4.29. The molecule has 2 N–H and O–H groups in total. The van der Waals surface area contributed by atoms with Crippen molar-refractivity contribution in [1.82, 2.24) is 10.6 Å². The highest BCUT2D eigenvalue weighted by molar-refractivity contribution is 5.31. The van der Waals surface area contributed by atoms with Crippen LogP contribution in [0.3, 0.4) is 0 Å². The van der Waals surface area contributed by atoms with Crippen LogP contribution in [0.4, 0.5) is 0 Å². The Hall–Kier alpha value is -1.02. The first-order valence-corrected chi connectivity index (χ1v) is 5.50. The molecule has 2 nitrogen and oxygen atoms in total. The molecule has 1 saturated heterocycles. The summed E-state index contributed by atoms with van der Waals surface area (Å²) in [4.78, 5) is 0. The molecule has 3 aliphatic rings. The second-order valence-corrected chi connectivity index (χ2v) is 4.29. The lowest BCUT2D eigenvalue weighted by molar-refractivity contribution is 0.587. The molecule has 2 heterocycles. The van der Waals surface area contributed by atoms with Crippen LogP contribution in [-0.2, 0) is 0 Å². The summed E-state index contributed by atoms with van der Waals surface area (Å²) in [5.74, 6) is 0.581. The average molecular weight is 188 g/mol. The van der Waals surface area contributed by atoms with Crippen molar-refractivity contribution in [2.24, 2.45) is 5.92 Å². The van der Waals surface area contributed by atoms with Crippen molar-refractivity contribution in [3.63, 3.8) is 0 Å². The molecule has 0 saturated carbocycles. The van der Waals surface area contributed by atoms with Gasteiger partial charge >= 0.3 is 0 Å². The lowest BCUT2D eigenvalue weighted by Crippen LogP contribution is -2.34. The van der Waals surface area contributed by atoms with E-state index in [2.05, 4.69) is 41.0 Å². The van der Waals surface area contributed by atoms with Gasteiger partial charge in [-0.05, 0) is 19.4 Å². The molecule has 1 fully saturated rings. The van der Waals surface area contributed by atoms with Crippen molar-refractivity contribution >= 4 is 0 Å². The first-order chi connectivity index (χ1) is 6.93. The van der Waals surface area contributed by atoms with Gasteiger partial charge in [0.1, 0.15) is 0 Å². The molecule has 2 aliphatic heterocycles. The third-order valence-electron chi connectivity index (χ3n) is 3.32. The Bertz CT molecular complexity index is 308. The zero-order chi connectivity index (χ0) is 9.38. The summed E-state index contributed by atoms with van der Waals surface area (Å²) >= 11 is 0. The molecule has 0 bridgehead atoms. The molecule has 74 valence electrons. The van der Waals surface area contributed by atoms with Gasteiger partial charge in [0.05, 0.1) is 6.04 Å². The monoisotopic (exact) mass is 188 g/mol. The van der Waals surface area contributed by atoms with E-state index in [0.717, 1.165) is 0 Å². The van der Waals surface area contributed by atoms with Gasteiger partial charge in [0.25, 0.3) is 0 Å². The summed E-state index contributed by atoms with van der Waals surface area (Å²) in [5, 5.41) is 7.12. The minimum Gasteiger partial charge on any atom is -0.380 e. The highest BCUT2D eigenvalue weighted by Crippen LogP contribution is 2.26. The molecule has 0 radical (unpaired) electrons. The lowest BCUT2D eigenvalue weighted by atomic mass is 9.98. The maximum Gasteiger partial charge on any atom is 0.0543 e. The molecule has 1 aliphatic carbocycles. The number of fused-ring (bicyclic) bond motifs is 1. The van der Waals surface area contributed by atoms with E-state index in [1.54, 1.807) is 0 Å². The van der Waals surface area contributed by atoms with Crippen LogP contribution < -0.4 is 10.6 Å². The third-order valence-corrected chi connectivity index (χ3v) is 3.32. The van der Waals surface area contributed by atoms with E-state index < -0.39 is 0 Å². The molecule has 3 unspecified atom stereocenters. The minimum atomic E-state index is 0.511. The van der Waals surface area contributed by atoms with Gasteiger partial charge in [-0.2, -0.15) is 0 Å². The molecule has 0 aromatic carbocycles. The van der Waals surface area contributed by atoms with Gasteiger partial charge in [0.2, 0.25) is 0 Å². The van der Waals surface area contributed by atoms with E-state index in [4.69, 9.17) is 0 Å². The van der Waals surface area contributed by atoms with Gasteiger partial charge in [-0.15, -0.1) is 0 Å². The minimum absolute atomic E-state index is 0.511. The zero-order valence-electron chi connectivity index (χ0n) is 8.24. The van der Waals surface area contributed by atoms with Gasteiger partial charge in [-0.3, -0.25) is 0 Å². The predicted octanol–water partition coefficient (Wildman–Crippen LogP) is 1.34. The van der Waals surface area contributed by atoms with E-state index in [1.807, 2.05) is 0 Å². The quantitative estimate of drug-likeness (QED) is 0.649. The zero-order valence-corrected chi connectivity index (χ0v) is 8.24. The summed E-state index contributed by atoms with van der Waals surface area (Å²) in [6.07, 6.45) is 13.8. The smallest absolute Gasteiger partial charge is 0.0543 e. The molecule has 0 aromatic heterocycles. The topological polar surface area (TPSA) is 24.1 Å².